The normalized spacial score (nSPS) is 20.6. The van der Waals surface area contributed by atoms with Crippen LogP contribution in [-0.2, 0) is 4.74 Å². The molecule has 7 heteroatoms. The van der Waals surface area contributed by atoms with Crippen LogP contribution in [0.1, 0.15) is 10.5 Å². The molecule has 0 spiro atoms. The zero-order chi connectivity index (χ0) is 13.1. The molecule has 1 aromatic rings. The Morgan fingerprint density at radius 1 is 1.26 bits per heavy atom. The number of hydrogen-bond donors (Lipinski definition) is 1. The number of carbonyl (C=O) groups excluding carboxylic acids is 1. The molecule has 2 aliphatic heterocycles. The van der Waals surface area contributed by atoms with Crippen LogP contribution in [0.25, 0.3) is 0 Å². The van der Waals surface area contributed by atoms with Gasteiger partial charge in [-0.25, -0.2) is 4.98 Å². The lowest BCUT2D eigenvalue weighted by atomic mass is 10.3. The van der Waals surface area contributed by atoms with E-state index in [0.29, 0.717) is 5.69 Å². The van der Waals surface area contributed by atoms with Crippen molar-refractivity contribution in [2.24, 2.45) is 0 Å². The monoisotopic (exact) mass is 282 g/mol. The molecule has 1 aromatic heterocycles. The highest BCUT2D eigenvalue weighted by Gasteiger charge is 2.22. The van der Waals surface area contributed by atoms with Crippen molar-refractivity contribution in [3.05, 3.63) is 11.1 Å². The summed E-state index contributed by atoms with van der Waals surface area (Å²) in [5, 5.41) is 6.05. The number of carbonyl (C=O) groups is 1. The van der Waals surface area contributed by atoms with E-state index in [9.17, 15) is 4.79 Å². The minimum Gasteiger partial charge on any atom is -0.378 e. The van der Waals surface area contributed by atoms with Crippen molar-refractivity contribution in [3.63, 3.8) is 0 Å². The van der Waals surface area contributed by atoms with Crippen molar-refractivity contribution >= 4 is 22.4 Å². The van der Waals surface area contributed by atoms with E-state index in [4.69, 9.17) is 4.74 Å². The third-order valence-electron chi connectivity index (χ3n) is 3.40. The highest BCUT2D eigenvalue weighted by molar-refractivity contribution is 7.13. The minimum atomic E-state index is 0.0530. The van der Waals surface area contributed by atoms with Crippen LogP contribution in [0.2, 0.25) is 0 Å². The zero-order valence-corrected chi connectivity index (χ0v) is 11.6. The van der Waals surface area contributed by atoms with Gasteiger partial charge < -0.3 is 19.9 Å². The van der Waals surface area contributed by atoms with Crippen LogP contribution in [0.5, 0.6) is 0 Å². The van der Waals surface area contributed by atoms with Crippen LogP contribution in [0.15, 0.2) is 5.38 Å². The predicted molar refractivity (Wildman–Crippen MR) is 73.9 cm³/mol. The average Bonchev–Trinajstić information content (AvgIpc) is 2.98. The fourth-order valence-electron chi connectivity index (χ4n) is 2.29. The molecule has 2 aliphatic rings. The van der Waals surface area contributed by atoms with Crippen LogP contribution >= 0.6 is 11.3 Å². The molecule has 1 N–H and O–H groups in total. The molecule has 0 bridgehead atoms. The minimum absolute atomic E-state index is 0.0530. The second-order valence-electron chi connectivity index (χ2n) is 4.66. The number of aromatic nitrogens is 1. The van der Waals surface area contributed by atoms with Crippen LogP contribution in [0, 0.1) is 0 Å². The number of thiazole rings is 1. The summed E-state index contributed by atoms with van der Waals surface area (Å²) in [5.41, 5.74) is 0.577. The van der Waals surface area contributed by atoms with E-state index in [1.165, 1.54) is 0 Å². The second-order valence-corrected chi connectivity index (χ2v) is 5.49. The number of amides is 1. The Kier molecular flexibility index (Phi) is 3.95. The number of nitrogens with one attached hydrogen (secondary N) is 1. The summed E-state index contributed by atoms with van der Waals surface area (Å²) >= 11 is 1.54. The van der Waals surface area contributed by atoms with E-state index < -0.39 is 0 Å². The summed E-state index contributed by atoms with van der Waals surface area (Å²) in [7, 11) is 0. The van der Waals surface area contributed by atoms with Crippen LogP contribution in [-0.4, -0.2) is 68.3 Å². The van der Waals surface area contributed by atoms with E-state index >= 15 is 0 Å². The molecule has 2 saturated heterocycles. The van der Waals surface area contributed by atoms with Gasteiger partial charge in [0.25, 0.3) is 5.91 Å². The molecule has 0 aromatic carbocycles. The molecule has 0 atom stereocenters. The number of nitrogens with zero attached hydrogens (tertiary/aromatic N) is 3. The average molecular weight is 282 g/mol. The Morgan fingerprint density at radius 3 is 2.74 bits per heavy atom. The molecule has 6 nitrogen and oxygen atoms in total. The summed E-state index contributed by atoms with van der Waals surface area (Å²) in [6.45, 7) is 6.45. The van der Waals surface area contributed by atoms with Crippen LogP contribution in [0.4, 0.5) is 5.13 Å². The number of anilines is 1. The Morgan fingerprint density at radius 2 is 2.00 bits per heavy atom. The van der Waals surface area contributed by atoms with E-state index in [2.05, 4.69) is 15.2 Å². The van der Waals surface area contributed by atoms with E-state index in [1.54, 1.807) is 11.3 Å². The molecule has 0 aliphatic carbocycles. The summed E-state index contributed by atoms with van der Waals surface area (Å²) in [4.78, 5) is 20.8. The first kappa shape index (κ1) is 12.8. The maximum atomic E-state index is 12.3. The molecule has 2 fully saturated rings. The largest absolute Gasteiger partial charge is 0.378 e. The molecular weight excluding hydrogens is 264 g/mol. The van der Waals surface area contributed by atoms with Gasteiger partial charge in [0, 0.05) is 44.6 Å². The van der Waals surface area contributed by atoms with Gasteiger partial charge in [-0.15, -0.1) is 11.3 Å². The highest BCUT2D eigenvalue weighted by Crippen LogP contribution is 2.22. The number of morpholine rings is 1. The standard InChI is InChI=1S/C12H18N4O2S/c17-11(15-3-1-13-2-4-15)10-9-19-12(14-10)16-5-7-18-8-6-16/h9,13H,1-8H2. The molecule has 0 unspecified atom stereocenters. The van der Waals surface area contributed by atoms with Gasteiger partial charge in [-0.3, -0.25) is 4.79 Å². The van der Waals surface area contributed by atoms with Crippen molar-refractivity contribution in [1.82, 2.24) is 15.2 Å². The van der Waals surface area contributed by atoms with Gasteiger partial charge >= 0.3 is 0 Å². The molecule has 1 amide bonds. The fraction of sp³-hybridized carbons (Fsp3) is 0.667. The lowest BCUT2D eigenvalue weighted by Gasteiger charge is -2.27. The van der Waals surface area contributed by atoms with Gasteiger partial charge in [0.2, 0.25) is 0 Å². The Labute approximate surface area is 116 Å². The maximum absolute atomic E-state index is 12.3. The lowest BCUT2D eigenvalue weighted by molar-refractivity contribution is 0.0730. The predicted octanol–water partition coefficient (Wildman–Crippen LogP) is 0.0251. The molecule has 0 radical (unpaired) electrons. The molecule has 104 valence electrons. The number of hydrogen-bond acceptors (Lipinski definition) is 6. The first-order chi connectivity index (χ1) is 9.34. The summed E-state index contributed by atoms with van der Waals surface area (Å²) in [5.74, 6) is 0.0530. The highest BCUT2D eigenvalue weighted by atomic mass is 32.1. The number of piperazine rings is 1. The smallest absolute Gasteiger partial charge is 0.273 e. The van der Waals surface area contributed by atoms with Gasteiger partial charge in [0.05, 0.1) is 13.2 Å². The maximum Gasteiger partial charge on any atom is 0.273 e. The first-order valence-electron chi connectivity index (χ1n) is 6.63. The number of ether oxygens (including phenoxy) is 1. The van der Waals surface area contributed by atoms with Crippen LogP contribution in [0.3, 0.4) is 0 Å². The summed E-state index contributed by atoms with van der Waals surface area (Å²) in [6.07, 6.45) is 0. The van der Waals surface area contributed by atoms with E-state index in [-0.39, 0.29) is 5.91 Å². The van der Waals surface area contributed by atoms with Gasteiger partial charge in [0.1, 0.15) is 5.69 Å². The van der Waals surface area contributed by atoms with E-state index in [1.807, 2.05) is 10.3 Å². The third kappa shape index (κ3) is 2.88. The van der Waals surface area contributed by atoms with Crippen LogP contribution < -0.4 is 10.2 Å². The summed E-state index contributed by atoms with van der Waals surface area (Å²) < 4.78 is 5.32. The summed E-state index contributed by atoms with van der Waals surface area (Å²) in [6, 6.07) is 0. The van der Waals surface area contributed by atoms with E-state index in [0.717, 1.165) is 57.6 Å². The molecule has 0 saturated carbocycles. The van der Waals surface area contributed by atoms with Crippen molar-refractivity contribution in [2.45, 2.75) is 0 Å². The molecule has 19 heavy (non-hydrogen) atoms. The fourth-order valence-corrected chi connectivity index (χ4v) is 3.15. The van der Waals surface area contributed by atoms with Gasteiger partial charge in [0.15, 0.2) is 5.13 Å². The molecule has 3 heterocycles. The number of rotatable bonds is 2. The third-order valence-corrected chi connectivity index (χ3v) is 4.30. The van der Waals surface area contributed by atoms with Gasteiger partial charge in [-0.05, 0) is 0 Å². The molecular formula is C12H18N4O2S. The van der Waals surface area contributed by atoms with Crippen molar-refractivity contribution in [1.29, 1.82) is 0 Å². The Bertz CT molecular complexity index is 439. The Hall–Kier alpha value is -1.18. The zero-order valence-electron chi connectivity index (χ0n) is 10.8. The van der Waals surface area contributed by atoms with Crippen molar-refractivity contribution in [2.75, 3.05) is 57.4 Å². The SMILES string of the molecule is O=C(c1csc(N2CCOCC2)n1)N1CCNCC1. The Balaban J connectivity index is 1.67. The first-order valence-corrected chi connectivity index (χ1v) is 7.51. The van der Waals surface area contributed by atoms with Crippen molar-refractivity contribution in [3.8, 4) is 0 Å². The van der Waals surface area contributed by atoms with Crippen molar-refractivity contribution < 1.29 is 9.53 Å². The second kappa shape index (κ2) is 5.85. The lowest BCUT2D eigenvalue weighted by Crippen LogP contribution is -2.46. The molecule has 3 rings (SSSR count). The van der Waals surface area contributed by atoms with Gasteiger partial charge in [-0.2, -0.15) is 0 Å². The quantitative estimate of drug-likeness (QED) is 0.829. The van der Waals surface area contributed by atoms with Gasteiger partial charge in [-0.1, -0.05) is 0 Å². The topological polar surface area (TPSA) is 57.7 Å².